The fourth-order valence-corrected chi connectivity index (χ4v) is 10.2. The molecule has 0 aliphatic rings. The molecule has 0 radical (unpaired) electrons. The summed E-state index contributed by atoms with van der Waals surface area (Å²) in [5, 5.41) is 32.1. The zero-order valence-electron chi connectivity index (χ0n) is 39.2. The highest BCUT2D eigenvalue weighted by Crippen LogP contribution is 2.44. The van der Waals surface area contributed by atoms with Crippen LogP contribution in [0.25, 0.3) is 78.2 Å². The summed E-state index contributed by atoms with van der Waals surface area (Å²) in [6.45, 7) is 0. The molecule has 0 spiro atoms. The van der Waals surface area contributed by atoms with Gasteiger partial charge in [-0.1, -0.05) is 218 Å². The maximum atomic E-state index is 10.6. The van der Waals surface area contributed by atoms with E-state index >= 15 is 0 Å². The Morgan fingerprint density at radius 2 is 0.556 bits per heavy atom. The first-order chi connectivity index (χ1) is 35.6. The lowest BCUT2D eigenvalue weighted by atomic mass is 9.93. The van der Waals surface area contributed by atoms with Gasteiger partial charge in [-0.2, -0.15) is 10.5 Å². The van der Waals surface area contributed by atoms with E-state index in [9.17, 15) is 10.5 Å². The molecule has 0 atom stereocenters. The number of rotatable bonds is 10. The fourth-order valence-electron chi connectivity index (χ4n) is 10.2. The number of hydrogen-bond acceptors (Lipinski definition) is 4. The van der Waals surface area contributed by atoms with Crippen LogP contribution in [-0.2, 0) is 0 Å². The molecule has 4 heteroatoms. The second-order valence-electron chi connectivity index (χ2n) is 17.9. The van der Waals surface area contributed by atoms with E-state index in [2.05, 4.69) is 240 Å². The van der Waals surface area contributed by atoms with Crippen molar-refractivity contribution in [3.05, 3.63) is 276 Å². The van der Waals surface area contributed by atoms with Crippen LogP contribution in [0.1, 0.15) is 33.4 Å². The molecule has 336 valence electrons. The van der Waals surface area contributed by atoms with Crippen LogP contribution < -0.4 is 9.80 Å². The van der Waals surface area contributed by atoms with Gasteiger partial charge >= 0.3 is 0 Å². The van der Waals surface area contributed by atoms with Crippen molar-refractivity contribution in [1.29, 1.82) is 10.5 Å². The van der Waals surface area contributed by atoms with E-state index in [-0.39, 0.29) is 0 Å². The van der Waals surface area contributed by atoms with Crippen molar-refractivity contribution in [2.24, 2.45) is 0 Å². The van der Waals surface area contributed by atoms with Crippen LogP contribution in [0, 0.1) is 22.7 Å². The molecule has 0 saturated carbocycles. The summed E-state index contributed by atoms with van der Waals surface area (Å²) in [5.74, 6) is 0. The maximum Gasteiger partial charge on any atom is 0.100 e. The standard InChI is InChI=1S/C68H44N4/c69-45-63-53(35-29-47-31-39-55(40-32-47)71(65-25-9-17-49-13-1-5-21-57(49)65)66-26-10-18-50-14-2-6-22-58(50)66)37-43-62-61(63)44-38-54(64(62)46-70)36-30-48-33-41-56(42-34-48)72(67-27-11-19-51-15-3-7-23-59(51)67)68-28-12-20-52-16-4-8-24-60(52)68/h1-44H/b35-29-,36-30+. The zero-order valence-corrected chi connectivity index (χ0v) is 39.2. The molecule has 0 heterocycles. The molecule has 0 unspecified atom stereocenters. The lowest BCUT2D eigenvalue weighted by Crippen LogP contribution is -2.11. The smallest absolute Gasteiger partial charge is 0.100 e. The first-order valence-electron chi connectivity index (χ1n) is 24.1. The van der Waals surface area contributed by atoms with E-state index in [1.54, 1.807) is 0 Å². The molecule has 0 bridgehead atoms. The van der Waals surface area contributed by atoms with E-state index in [1.165, 1.54) is 43.1 Å². The predicted octanol–water partition coefficient (Wildman–Crippen LogP) is 18.5. The highest BCUT2D eigenvalue weighted by atomic mass is 15.2. The first-order valence-corrected chi connectivity index (χ1v) is 24.1. The summed E-state index contributed by atoms with van der Waals surface area (Å²) in [4.78, 5) is 4.69. The second kappa shape index (κ2) is 18.8. The van der Waals surface area contributed by atoms with Gasteiger partial charge in [0.15, 0.2) is 0 Å². The fraction of sp³-hybridized carbons (Fsp3) is 0. The van der Waals surface area contributed by atoms with Crippen LogP contribution in [0.2, 0.25) is 0 Å². The maximum absolute atomic E-state index is 10.6. The first kappa shape index (κ1) is 43.3. The molecule has 0 saturated heterocycles. The van der Waals surface area contributed by atoms with Crippen LogP contribution >= 0.6 is 0 Å². The van der Waals surface area contributed by atoms with E-state index in [0.717, 1.165) is 67.2 Å². The number of nitriles is 2. The SMILES string of the molecule is N#Cc1c(/C=C\c2ccc(N(c3cccc4ccccc34)c3cccc4ccccc34)cc2)ccc2c(C#N)c(/C=C/c3ccc(N(c4cccc5ccccc45)c4cccc5ccccc45)cc3)ccc12. The number of nitrogens with zero attached hydrogens (tertiary/aromatic N) is 4. The summed E-state index contributed by atoms with van der Waals surface area (Å²) in [6.07, 6.45) is 8.07. The number of fused-ring (bicyclic) bond motifs is 5. The summed E-state index contributed by atoms with van der Waals surface area (Å²) in [6, 6.07) is 89.7. The third-order valence-corrected chi connectivity index (χ3v) is 13.7. The largest absolute Gasteiger partial charge is 0.309 e. The van der Waals surface area contributed by atoms with Crippen LogP contribution in [0.4, 0.5) is 34.1 Å². The van der Waals surface area contributed by atoms with Gasteiger partial charge in [0.25, 0.3) is 0 Å². The molecule has 4 nitrogen and oxygen atoms in total. The van der Waals surface area contributed by atoms with Crippen molar-refractivity contribution in [3.63, 3.8) is 0 Å². The van der Waals surface area contributed by atoms with Crippen molar-refractivity contribution >= 4 is 112 Å². The van der Waals surface area contributed by atoms with Gasteiger partial charge in [0, 0.05) is 43.7 Å². The quantitative estimate of drug-likeness (QED) is 0.128. The number of hydrogen-bond donors (Lipinski definition) is 0. The molecule has 12 rings (SSSR count). The molecular weight excluding hydrogens is 873 g/mol. The molecule has 0 aliphatic heterocycles. The topological polar surface area (TPSA) is 54.1 Å². The van der Waals surface area contributed by atoms with Crippen molar-refractivity contribution in [3.8, 4) is 12.1 Å². The summed E-state index contributed by atoms with van der Waals surface area (Å²) >= 11 is 0. The Labute approximate surface area is 418 Å². The molecular formula is C68H44N4. The van der Waals surface area contributed by atoms with Crippen molar-refractivity contribution < 1.29 is 0 Å². The van der Waals surface area contributed by atoms with Gasteiger partial charge in [0.05, 0.1) is 33.9 Å². The zero-order chi connectivity index (χ0) is 48.4. The number of anilines is 6. The van der Waals surface area contributed by atoms with Crippen LogP contribution in [0.3, 0.4) is 0 Å². The molecule has 72 heavy (non-hydrogen) atoms. The van der Waals surface area contributed by atoms with Gasteiger partial charge in [-0.15, -0.1) is 0 Å². The lowest BCUT2D eigenvalue weighted by molar-refractivity contribution is 1.31. The minimum absolute atomic E-state index is 0.531. The Kier molecular flexibility index (Phi) is 11.3. The summed E-state index contributed by atoms with van der Waals surface area (Å²) in [7, 11) is 0. The predicted molar refractivity (Wildman–Crippen MR) is 304 cm³/mol. The van der Waals surface area contributed by atoms with Gasteiger partial charge < -0.3 is 9.80 Å². The van der Waals surface area contributed by atoms with E-state index in [0.29, 0.717) is 11.1 Å². The third kappa shape index (κ3) is 7.96. The van der Waals surface area contributed by atoms with E-state index < -0.39 is 0 Å². The molecule has 0 fully saturated rings. The lowest BCUT2D eigenvalue weighted by Gasteiger charge is -2.28. The van der Waals surface area contributed by atoms with Crippen molar-refractivity contribution in [2.75, 3.05) is 9.80 Å². The Morgan fingerprint density at radius 3 is 0.861 bits per heavy atom. The monoisotopic (exact) mass is 916 g/mol. The Hall–Kier alpha value is -10.0. The van der Waals surface area contributed by atoms with Gasteiger partial charge in [-0.25, -0.2) is 0 Å². The average molecular weight is 917 g/mol. The van der Waals surface area contributed by atoms with Crippen LogP contribution in [0.15, 0.2) is 243 Å². The van der Waals surface area contributed by atoms with Gasteiger partial charge in [0.2, 0.25) is 0 Å². The normalized spacial score (nSPS) is 11.5. The molecule has 0 N–H and O–H groups in total. The summed E-state index contributed by atoms with van der Waals surface area (Å²) in [5.41, 5.74) is 11.1. The minimum atomic E-state index is 0.531. The molecule has 12 aromatic rings. The van der Waals surface area contributed by atoms with Gasteiger partial charge in [-0.05, 0) is 92.3 Å². The van der Waals surface area contributed by atoms with Gasteiger partial charge in [0.1, 0.15) is 12.1 Å². The van der Waals surface area contributed by atoms with E-state index in [1.807, 2.05) is 48.6 Å². The Morgan fingerprint density at radius 1 is 0.264 bits per heavy atom. The molecule has 12 aromatic carbocycles. The van der Waals surface area contributed by atoms with Crippen molar-refractivity contribution in [1.82, 2.24) is 0 Å². The highest BCUT2D eigenvalue weighted by Gasteiger charge is 2.20. The molecule has 0 aliphatic carbocycles. The van der Waals surface area contributed by atoms with Crippen molar-refractivity contribution in [2.45, 2.75) is 0 Å². The van der Waals surface area contributed by atoms with E-state index in [4.69, 9.17) is 0 Å². The molecule has 0 amide bonds. The molecule has 0 aromatic heterocycles. The van der Waals surface area contributed by atoms with Gasteiger partial charge in [-0.3, -0.25) is 0 Å². The summed E-state index contributed by atoms with van der Waals surface area (Å²) < 4.78 is 0. The highest BCUT2D eigenvalue weighted by molar-refractivity contribution is 6.07. The Bertz CT molecular complexity index is 3740. The van der Waals surface area contributed by atoms with Crippen LogP contribution in [-0.4, -0.2) is 0 Å². The Balaban J connectivity index is 0.834. The third-order valence-electron chi connectivity index (χ3n) is 13.7. The average Bonchev–Trinajstić information content (AvgIpc) is 3.44. The number of benzene rings is 12. The minimum Gasteiger partial charge on any atom is -0.309 e. The second-order valence-corrected chi connectivity index (χ2v) is 17.9. The van der Waals surface area contributed by atoms with Crippen LogP contribution in [0.5, 0.6) is 0 Å².